The molecule has 2 aliphatic rings. The third-order valence-electron chi connectivity index (χ3n) is 4.63. The Morgan fingerprint density at radius 3 is 2.62 bits per heavy atom. The molecule has 0 heterocycles. The number of rotatable bonds is 1. The summed E-state index contributed by atoms with van der Waals surface area (Å²) in [6.07, 6.45) is 4.09. The fraction of sp³-hybridized carbons (Fsp3) is 0.667. The highest BCUT2D eigenvalue weighted by atomic mass is 16.1. The molecule has 16 heavy (non-hydrogen) atoms. The Balaban J connectivity index is 2.26. The average Bonchev–Trinajstić information content (AvgIpc) is 2.22. The molecule has 2 saturated carbocycles. The molecule has 2 fully saturated rings. The first-order valence-electron chi connectivity index (χ1n) is 6.35. The van der Waals surface area contributed by atoms with Gasteiger partial charge in [-0.05, 0) is 43.9 Å². The topological polar surface area (TPSA) is 17.1 Å². The zero-order chi connectivity index (χ0) is 11.9. The molecule has 0 aliphatic heterocycles. The summed E-state index contributed by atoms with van der Waals surface area (Å²) in [6.45, 7) is 12.4. The zero-order valence-corrected chi connectivity index (χ0v) is 10.5. The van der Waals surface area contributed by atoms with Crippen molar-refractivity contribution in [2.24, 2.45) is 23.7 Å². The summed E-state index contributed by atoms with van der Waals surface area (Å²) in [5.41, 5.74) is 2.55. The third kappa shape index (κ3) is 1.88. The van der Waals surface area contributed by atoms with Crippen molar-refractivity contribution < 1.29 is 4.79 Å². The van der Waals surface area contributed by atoms with E-state index in [1.54, 1.807) is 0 Å². The number of hydrogen-bond donors (Lipinski definition) is 0. The van der Waals surface area contributed by atoms with Crippen molar-refractivity contribution in [3.05, 3.63) is 24.3 Å². The monoisotopic (exact) mass is 218 g/mol. The number of Topliss-reactive ketones (excluding diaryl/α,β-unsaturated/α-hetero) is 1. The fourth-order valence-electron chi connectivity index (χ4n) is 3.57. The summed E-state index contributed by atoms with van der Waals surface area (Å²) < 4.78 is 0. The maximum absolute atomic E-state index is 12.0. The van der Waals surface area contributed by atoms with Gasteiger partial charge in [0.05, 0.1) is 0 Å². The Morgan fingerprint density at radius 1 is 1.31 bits per heavy atom. The largest absolute Gasteiger partial charge is 0.299 e. The second-order valence-electron chi connectivity index (χ2n) is 5.73. The van der Waals surface area contributed by atoms with Crippen molar-refractivity contribution in [3.63, 3.8) is 0 Å². The van der Waals surface area contributed by atoms with Crippen LogP contribution in [0.25, 0.3) is 0 Å². The first-order chi connectivity index (χ1) is 7.50. The maximum atomic E-state index is 12.0. The van der Waals surface area contributed by atoms with Crippen LogP contribution in [0.4, 0.5) is 0 Å². The number of hydrogen-bond acceptors (Lipinski definition) is 1. The van der Waals surface area contributed by atoms with Gasteiger partial charge < -0.3 is 0 Å². The van der Waals surface area contributed by atoms with Crippen molar-refractivity contribution in [2.45, 2.75) is 39.5 Å². The lowest BCUT2D eigenvalue weighted by molar-refractivity contribution is -0.130. The Morgan fingerprint density at radius 2 is 2.00 bits per heavy atom. The molecule has 88 valence electrons. The molecule has 0 aromatic heterocycles. The lowest BCUT2D eigenvalue weighted by Crippen LogP contribution is -2.41. The molecule has 2 aliphatic carbocycles. The summed E-state index contributed by atoms with van der Waals surface area (Å²) in [6, 6.07) is 0. The summed E-state index contributed by atoms with van der Waals surface area (Å²) in [5, 5.41) is 0. The fourth-order valence-corrected chi connectivity index (χ4v) is 3.57. The first kappa shape index (κ1) is 11.6. The highest BCUT2D eigenvalue weighted by Crippen LogP contribution is 2.48. The van der Waals surface area contributed by atoms with E-state index in [0.717, 1.165) is 19.3 Å². The van der Waals surface area contributed by atoms with E-state index in [-0.39, 0.29) is 5.92 Å². The summed E-state index contributed by atoms with van der Waals surface area (Å²) in [7, 11) is 0. The van der Waals surface area contributed by atoms with Gasteiger partial charge in [-0.25, -0.2) is 0 Å². The van der Waals surface area contributed by atoms with Crippen LogP contribution < -0.4 is 0 Å². The molecule has 0 radical (unpaired) electrons. The van der Waals surface area contributed by atoms with Gasteiger partial charge in [-0.1, -0.05) is 31.2 Å². The molecule has 2 rings (SSSR count). The Bertz CT molecular complexity index is 339. The van der Waals surface area contributed by atoms with Crippen LogP contribution in [0.5, 0.6) is 0 Å². The van der Waals surface area contributed by atoms with Crippen LogP contribution in [0.1, 0.15) is 39.5 Å². The van der Waals surface area contributed by atoms with E-state index in [1.807, 2.05) is 0 Å². The van der Waals surface area contributed by atoms with Crippen molar-refractivity contribution in [1.29, 1.82) is 0 Å². The molecule has 0 bridgehead atoms. The van der Waals surface area contributed by atoms with Gasteiger partial charge in [0.25, 0.3) is 0 Å². The number of allylic oxidation sites excluding steroid dienone is 2. The lowest BCUT2D eigenvalue weighted by Gasteiger charge is -2.45. The molecule has 1 nitrogen and oxygen atoms in total. The molecule has 0 N–H and O–H groups in total. The second-order valence-corrected chi connectivity index (χ2v) is 5.73. The third-order valence-corrected chi connectivity index (χ3v) is 4.63. The molecular weight excluding hydrogens is 196 g/mol. The van der Waals surface area contributed by atoms with Crippen LogP contribution in [0.2, 0.25) is 0 Å². The molecule has 0 amide bonds. The van der Waals surface area contributed by atoms with Crippen LogP contribution in [0.3, 0.4) is 0 Å². The van der Waals surface area contributed by atoms with E-state index in [2.05, 4.69) is 27.0 Å². The molecule has 0 spiro atoms. The molecule has 4 atom stereocenters. The van der Waals surface area contributed by atoms with Gasteiger partial charge in [0.1, 0.15) is 5.78 Å². The normalized spacial score (nSPS) is 39.4. The van der Waals surface area contributed by atoms with Crippen molar-refractivity contribution >= 4 is 5.78 Å². The van der Waals surface area contributed by atoms with Crippen LogP contribution in [-0.4, -0.2) is 5.78 Å². The van der Waals surface area contributed by atoms with E-state index in [4.69, 9.17) is 0 Å². The van der Waals surface area contributed by atoms with E-state index in [1.165, 1.54) is 11.1 Å². The number of fused-ring (bicyclic) bond motifs is 1. The predicted molar refractivity (Wildman–Crippen MR) is 67.1 cm³/mol. The smallest absolute Gasteiger partial charge is 0.136 e. The number of carbonyl (C=O) groups is 1. The van der Waals surface area contributed by atoms with Crippen molar-refractivity contribution in [3.8, 4) is 0 Å². The Kier molecular flexibility index (Phi) is 3.05. The molecule has 0 aromatic carbocycles. The van der Waals surface area contributed by atoms with Gasteiger partial charge in [-0.3, -0.25) is 4.79 Å². The minimum atomic E-state index is 0.258. The van der Waals surface area contributed by atoms with Gasteiger partial charge in [-0.2, -0.15) is 0 Å². The standard InChI is InChI=1S/C15H22O/c1-9(2)13-8-15(16)11(4)12-6-5-10(3)7-14(12)13/h11-14H,1,3,5-8H2,2,4H3. The van der Waals surface area contributed by atoms with Crippen LogP contribution in [0, 0.1) is 23.7 Å². The molecule has 0 saturated heterocycles. The summed E-state index contributed by atoms with van der Waals surface area (Å²) in [4.78, 5) is 12.0. The van der Waals surface area contributed by atoms with Gasteiger partial charge in [0.15, 0.2) is 0 Å². The van der Waals surface area contributed by atoms with Gasteiger partial charge in [-0.15, -0.1) is 0 Å². The average molecular weight is 218 g/mol. The predicted octanol–water partition coefficient (Wildman–Crippen LogP) is 3.76. The quantitative estimate of drug-likeness (QED) is 0.612. The minimum absolute atomic E-state index is 0.258. The Hall–Kier alpha value is -0.850. The van der Waals surface area contributed by atoms with Crippen molar-refractivity contribution in [1.82, 2.24) is 0 Å². The SMILES string of the molecule is C=C1CCC2C(C)C(=O)CC(C(=C)C)C2C1. The summed E-state index contributed by atoms with van der Waals surface area (Å²) >= 11 is 0. The molecule has 4 unspecified atom stereocenters. The lowest BCUT2D eigenvalue weighted by atomic mass is 9.59. The highest BCUT2D eigenvalue weighted by Gasteiger charge is 2.43. The molecule has 1 heteroatoms. The maximum Gasteiger partial charge on any atom is 0.136 e. The van der Waals surface area contributed by atoms with Gasteiger partial charge in [0.2, 0.25) is 0 Å². The molecular formula is C15H22O. The van der Waals surface area contributed by atoms with E-state index >= 15 is 0 Å². The molecule has 0 aromatic rings. The highest BCUT2D eigenvalue weighted by molar-refractivity contribution is 5.82. The van der Waals surface area contributed by atoms with Gasteiger partial charge in [0, 0.05) is 12.3 Å². The van der Waals surface area contributed by atoms with Crippen LogP contribution >= 0.6 is 0 Å². The zero-order valence-electron chi connectivity index (χ0n) is 10.5. The number of carbonyl (C=O) groups excluding carboxylic acids is 1. The number of ketones is 1. The van der Waals surface area contributed by atoms with Crippen LogP contribution in [-0.2, 0) is 4.79 Å². The Labute approximate surface area is 98.6 Å². The van der Waals surface area contributed by atoms with E-state index < -0.39 is 0 Å². The summed E-state index contributed by atoms with van der Waals surface area (Å²) in [5.74, 6) is 2.32. The van der Waals surface area contributed by atoms with E-state index in [0.29, 0.717) is 30.0 Å². The van der Waals surface area contributed by atoms with E-state index in [9.17, 15) is 4.79 Å². The second kappa shape index (κ2) is 4.20. The minimum Gasteiger partial charge on any atom is -0.299 e. The first-order valence-corrected chi connectivity index (χ1v) is 6.35. The van der Waals surface area contributed by atoms with Crippen LogP contribution in [0.15, 0.2) is 24.3 Å². The van der Waals surface area contributed by atoms with Gasteiger partial charge >= 0.3 is 0 Å². The van der Waals surface area contributed by atoms with Crippen molar-refractivity contribution in [2.75, 3.05) is 0 Å².